The number of morpholine rings is 1. The number of H-pyrrole nitrogens is 1. The first-order valence-corrected chi connectivity index (χ1v) is 10.6. The van der Waals surface area contributed by atoms with Gasteiger partial charge in [-0.15, -0.1) is 0 Å². The van der Waals surface area contributed by atoms with Crippen LogP contribution in [0.1, 0.15) is 0 Å². The highest BCUT2D eigenvalue weighted by molar-refractivity contribution is 7.89. The molecule has 0 saturated carbocycles. The van der Waals surface area contributed by atoms with Crippen LogP contribution in [0.4, 0.5) is 11.4 Å². The van der Waals surface area contributed by atoms with Crippen LogP contribution in [-0.2, 0) is 14.8 Å². The first-order valence-electron chi connectivity index (χ1n) is 8.71. The van der Waals surface area contributed by atoms with E-state index in [1.807, 2.05) is 18.2 Å². The maximum Gasteiger partial charge on any atom is 0.243 e. The van der Waals surface area contributed by atoms with Crippen molar-refractivity contribution in [1.29, 1.82) is 0 Å². The Labute approximate surface area is 167 Å². The monoisotopic (exact) mass is 417 g/mol. The van der Waals surface area contributed by atoms with Crippen LogP contribution in [0.2, 0.25) is 0 Å². The Hall–Kier alpha value is -2.53. The largest absolute Gasteiger partial charge is 0.379 e. The molecule has 8 nitrogen and oxygen atoms in total. The fourth-order valence-corrected chi connectivity index (χ4v) is 4.60. The minimum Gasteiger partial charge on any atom is -0.379 e. The van der Waals surface area contributed by atoms with Crippen molar-refractivity contribution in [3.05, 3.63) is 48.7 Å². The first kappa shape index (κ1) is 18.8. The zero-order chi connectivity index (χ0) is 19.6. The molecular formula is C18H19N5O3S2. The average molecular weight is 418 g/mol. The van der Waals surface area contributed by atoms with E-state index in [9.17, 15) is 8.42 Å². The smallest absolute Gasteiger partial charge is 0.243 e. The summed E-state index contributed by atoms with van der Waals surface area (Å²) in [6.45, 7) is 1.58. The van der Waals surface area contributed by atoms with Gasteiger partial charge in [-0.3, -0.25) is 5.10 Å². The van der Waals surface area contributed by atoms with E-state index in [1.54, 1.807) is 30.5 Å². The molecule has 0 amide bonds. The van der Waals surface area contributed by atoms with Gasteiger partial charge in [0, 0.05) is 29.9 Å². The number of nitrogens with one attached hydrogen (secondary N) is 3. The highest BCUT2D eigenvalue weighted by Crippen LogP contribution is 2.20. The first-order chi connectivity index (χ1) is 13.5. The molecule has 3 aromatic rings. The number of fused-ring (bicyclic) bond motifs is 1. The lowest BCUT2D eigenvalue weighted by molar-refractivity contribution is 0.0730. The lowest BCUT2D eigenvalue weighted by Crippen LogP contribution is -2.40. The summed E-state index contributed by atoms with van der Waals surface area (Å²) in [7, 11) is -3.50. The minimum absolute atomic E-state index is 0.253. The number of nitrogens with zero attached hydrogens (tertiary/aromatic N) is 2. The molecule has 0 atom stereocenters. The molecule has 10 heteroatoms. The zero-order valence-corrected chi connectivity index (χ0v) is 16.5. The number of benzene rings is 2. The molecule has 0 unspecified atom stereocenters. The Kier molecular flexibility index (Phi) is 5.27. The molecule has 4 rings (SSSR count). The highest BCUT2D eigenvalue weighted by atomic mass is 32.2. The molecule has 28 heavy (non-hydrogen) atoms. The SMILES string of the molecule is O=S(=O)(c1ccc(NC(=S)Nc2ccc3cn[nH]c3c2)cc1)N1CCOCC1. The second-order valence-electron chi connectivity index (χ2n) is 6.29. The maximum absolute atomic E-state index is 12.7. The number of ether oxygens (including phenoxy) is 1. The molecule has 1 aliphatic rings. The fourth-order valence-electron chi connectivity index (χ4n) is 2.95. The lowest BCUT2D eigenvalue weighted by atomic mass is 10.2. The number of aromatic amines is 1. The van der Waals surface area contributed by atoms with Crippen LogP contribution in [0, 0.1) is 0 Å². The van der Waals surface area contributed by atoms with Crippen LogP contribution in [0.5, 0.6) is 0 Å². The van der Waals surface area contributed by atoms with Gasteiger partial charge in [-0.05, 0) is 54.7 Å². The van der Waals surface area contributed by atoms with Gasteiger partial charge in [-0.25, -0.2) is 8.42 Å². The van der Waals surface area contributed by atoms with Crippen molar-refractivity contribution in [2.45, 2.75) is 4.90 Å². The van der Waals surface area contributed by atoms with Crippen LogP contribution in [0.15, 0.2) is 53.6 Å². The van der Waals surface area contributed by atoms with Gasteiger partial charge in [0.2, 0.25) is 10.0 Å². The second kappa shape index (κ2) is 7.84. The number of hydrogen-bond donors (Lipinski definition) is 3. The van der Waals surface area contributed by atoms with E-state index in [1.165, 1.54) is 4.31 Å². The van der Waals surface area contributed by atoms with Crippen molar-refractivity contribution in [1.82, 2.24) is 14.5 Å². The molecule has 1 aromatic heterocycles. The average Bonchev–Trinajstić information content (AvgIpc) is 3.17. The number of sulfonamides is 1. The van der Waals surface area contributed by atoms with Gasteiger partial charge in [0.05, 0.1) is 29.8 Å². The van der Waals surface area contributed by atoms with E-state index in [4.69, 9.17) is 17.0 Å². The third kappa shape index (κ3) is 3.99. The zero-order valence-electron chi connectivity index (χ0n) is 14.9. The van der Waals surface area contributed by atoms with Crippen LogP contribution in [0.3, 0.4) is 0 Å². The number of thiocarbonyl (C=S) groups is 1. The molecule has 0 bridgehead atoms. The van der Waals surface area contributed by atoms with Gasteiger partial charge < -0.3 is 15.4 Å². The van der Waals surface area contributed by atoms with Crippen LogP contribution < -0.4 is 10.6 Å². The van der Waals surface area contributed by atoms with Gasteiger partial charge >= 0.3 is 0 Å². The Balaban J connectivity index is 1.41. The molecule has 146 valence electrons. The second-order valence-corrected chi connectivity index (χ2v) is 8.64. The van der Waals surface area contributed by atoms with Gasteiger partial charge in [0.1, 0.15) is 0 Å². The van der Waals surface area contributed by atoms with Crippen LogP contribution in [0.25, 0.3) is 10.9 Å². The molecule has 3 N–H and O–H groups in total. The number of hydrogen-bond acceptors (Lipinski definition) is 5. The summed E-state index contributed by atoms with van der Waals surface area (Å²) in [5, 5.41) is 14.5. The van der Waals surface area contributed by atoms with Crippen molar-refractivity contribution in [2.24, 2.45) is 0 Å². The van der Waals surface area contributed by atoms with Crippen molar-refractivity contribution >= 4 is 49.6 Å². The third-order valence-corrected chi connectivity index (χ3v) is 6.54. The van der Waals surface area contributed by atoms with Gasteiger partial charge in [-0.2, -0.15) is 9.40 Å². The van der Waals surface area contributed by atoms with Crippen molar-refractivity contribution < 1.29 is 13.2 Å². The lowest BCUT2D eigenvalue weighted by Gasteiger charge is -2.26. The fraction of sp³-hybridized carbons (Fsp3) is 0.222. The molecule has 2 aromatic carbocycles. The van der Waals surface area contributed by atoms with E-state index in [0.717, 1.165) is 16.6 Å². The number of anilines is 2. The Morgan fingerprint density at radius 3 is 2.50 bits per heavy atom. The summed E-state index contributed by atoms with van der Waals surface area (Å²) in [6, 6.07) is 12.3. The van der Waals surface area contributed by atoms with Crippen molar-refractivity contribution in [3.8, 4) is 0 Å². The number of rotatable bonds is 4. The van der Waals surface area contributed by atoms with Crippen LogP contribution in [-0.4, -0.2) is 54.3 Å². The molecule has 0 spiro atoms. The molecule has 2 heterocycles. The van der Waals surface area contributed by atoms with Crippen molar-refractivity contribution in [2.75, 3.05) is 36.9 Å². The maximum atomic E-state index is 12.7. The summed E-state index contributed by atoms with van der Waals surface area (Å²) < 4.78 is 32.0. The minimum atomic E-state index is -3.50. The summed E-state index contributed by atoms with van der Waals surface area (Å²) in [5.41, 5.74) is 2.42. The van der Waals surface area contributed by atoms with Crippen LogP contribution >= 0.6 is 12.2 Å². The summed E-state index contributed by atoms with van der Waals surface area (Å²) in [5.74, 6) is 0. The normalized spacial score (nSPS) is 15.4. The predicted molar refractivity (Wildman–Crippen MR) is 112 cm³/mol. The van der Waals surface area contributed by atoms with Gasteiger partial charge in [0.15, 0.2) is 5.11 Å². The third-order valence-electron chi connectivity index (χ3n) is 4.42. The number of aromatic nitrogens is 2. The Bertz CT molecular complexity index is 1090. The predicted octanol–water partition coefficient (Wildman–Crippen LogP) is 2.39. The molecule has 1 saturated heterocycles. The molecule has 0 radical (unpaired) electrons. The van der Waals surface area contributed by atoms with Gasteiger partial charge in [0.25, 0.3) is 0 Å². The summed E-state index contributed by atoms with van der Waals surface area (Å²) in [6.07, 6.45) is 1.75. The quantitative estimate of drug-likeness (QED) is 0.561. The Morgan fingerprint density at radius 1 is 1.07 bits per heavy atom. The molecular weight excluding hydrogens is 398 g/mol. The van der Waals surface area contributed by atoms with E-state index in [-0.39, 0.29) is 4.90 Å². The van der Waals surface area contributed by atoms with Gasteiger partial charge in [-0.1, -0.05) is 0 Å². The topological polar surface area (TPSA) is 99.3 Å². The summed E-state index contributed by atoms with van der Waals surface area (Å²) >= 11 is 5.34. The summed E-state index contributed by atoms with van der Waals surface area (Å²) in [4.78, 5) is 0.253. The Morgan fingerprint density at radius 2 is 1.75 bits per heavy atom. The van der Waals surface area contributed by atoms with Crippen molar-refractivity contribution in [3.63, 3.8) is 0 Å². The standard InChI is InChI=1S/C18H19N5O3S2/c24-28(25,23-7-9-26-10-8-23)16-5-3-14(4-6-16)20-18(27)21-15-2-1-13-12-19-22-17(13)11-15/h1-6,11-12H,7-10H2,(H,19,22)(H2,20,21,27). The van der Waals surface area contributed by atoms with E-state index in [0.29, 0.717) is 37.1 Å². The van der Waals surface area contributed by atoms with E-state index in [2.05, 4.69) is 20.8 Å². The molecule has 0 aliphatic carbocycles. The molecule has 1 aliphatic heterocycles. The highest BCUT2D eigenvalue weighted by Gasteiger charge is 2.26. The van der Waals surface area contributed by atoms with E-state index < -0.39 is 10.0 Å². The van der Waals surface area contributed by atoms with E-state index >= 15 is 0 Å². The molecule has 1 fully saturated rings.